The molecule has 1 aromatic rings. The zero-order valence-electron chi connectivity index (χ0n) is 8.02. The van der Waals surface area contributed by atoms with Crippen LogP contribution in [0.1, 0.15) is 11.1 Å². The summed E-state index contributed by atoms with van der Waals surface area (Å²) in [6.07, 6.45) is 1.93. The van der Waals surface area contributed by atoms with Crippen molar-refractivity contribution >= 4 is 20.1 Å². The van der Waals surface area contributed by atoms with Gasteiger partial charge in [-0.25, -0.2) is 0 Å². The van der Waals surface area contributed by atoms with Crippen molar-refractivity contribution in [1.29, 1.82) is 0 Å². The lowest BCUT2D eigenvalue weighted by Gasteiger charge is -2.06. The smallest absolute Gasteiger partial charge is 0.0791 e. The molecule has 0 saturated carbocycles. The first-order valence-electron chi connectivity index (χ1n) is 4.18. The molecule has 0 unspecified atom stereocenters. The first kappa shape index (κ1) is 9.27. The fraction of sp³-hybridized carbons (Fsp3) is 0.273. The van der Waals surface area contributed by atoms with E-state index in [-0.39, 0.29) is 8.80 Å². The summed E-state index contributed by atoms with van der Waals surface area (Å²) in [5.41, 5.74) is 2.59. The Bertz CT molecular complexity index is 287. The zero-order valence-corrected chi connectivity index (χ0v) is 9.02. The molecule has 0 spiro atoms. The predicted molar refractivity (Wildman–Crippen MR) is 58.4 cm³/mol. The number of benzene rings is 1. The Hall–Kier alpha value is -0.823. The van der Waals surface area contributed by atoms with Crippen LogP contribution in [-0.4, -0.2) is 8.80 Å². The molecule has 0 N–H and O–H groups in total. The SMILES string of the molecule is C=Cc1cc([Si](C)C)ccc1C. The summed E-state index contributed by atoms with van der Waals surface area (Å²) in [5, 5.41) is 1.49. The number of hydrogen-bond donors (Lipinski definition) is 0. The van der Waals surface area contributed by atoms with E-state index in [9.17, 15) is 0 Å². The molecule has 63 valence electrons. The van der Waals surface area contributed by atoms with Crippen LogP contribution in [0.4, 0.5) is 0 Å². The Morgan fingerprint density at radius 3 is 2.50 bits per heavy atom. The molecule has 0 aliphatic rings. The highest BCUT2D eigenvalue weighted by atomic mass is 28.3. The summed E-state index contributed by atoms with van der Waals surface area (Å²) in [6.45, 7) is 10.5. The Kier molecular flexibility index (Phi) is 2.87. The Morgan fingerprint density at radius 2 is 2.00 bits per heavy atom. The summed E-state index contributed by atoms with van der Waals surface area (Å²) in [6, 6.07) is 6.68. The maximum absolute atomic E-state index is 3.80. The van der Waals surface area contributed by atoms with Gasteiger partial charge in [-0.15, -0.1) is 0 Å². The summed E-state index contributed by atoms with van der Waals surface area (Å²) in [4.78, 5) is 0. The zero-order chi connectivity index (χ0) is 9.14. The van der Waals surface area contributed by atoms with Gasteiger partial charge in [-0.2, -0.15) is 0 Å². The summed E-state index contributed by atoms with van der Waals surface area (Å²) in [7, 11) is -0.308. The lowest BCUT2D eigenvalue weighted by molar-refractivity contribution is 1.46. The van der Waals surface area contributed by atoms with Crippen LogP contribution in [0.15, 0.2) is 24.8 Å². The third-order valence-corrected chi connectivity index (χ3v) is 3.54. The molecule has 0 aliphatic carbocycles. The molecule has 0 amide bonds. The second kappa shape index (κ2) is 3.72. The maximum Gasteiger partial charge on any atom is 0.0791 e. The van der Waals surface area contributed by atoms with E-state index >= 15 is 0 Å². The molecule has 1 radical (unpaired) electrons. The lowest BCUT2D eigenvalue weighted by Crippen LogP contribution is -2.22. The molecule has 12 heavy (non-hydrogen) atoms. The van der Waals surface area contributed by atoms with Gasteiger partial charge in [0.2, 0.25) is 0 Å². The highest BCUT2D eigenvalue weighted by Crippen LogP contribution is 2.06. The van der Waals surface area contributed by atoms with Gasteiger partial charge < -0.3 is 0 Å². The second-order valence-corrected chi connectivity index (χ2v) is 5.85. The van der Waals surface area contributed by atoms with Crippen LogP contribution in [0.2, 0.25) is 13.1 Å². The van der Waals surface area contributed by atoms with Crippen LogP contribution >= 0.6 is 0 Å². The van der Waals surface area contributed by atoms with Gasteiger partial charge in [0.25, 0.3) is 0 Å². The van der Waals surface area contributed by atoms with E-state index in [0.717, 1.165) is 0 Å². The van der Waals surface area contributed by atoms with Gasteiger partial charge in [0.1, 0.15) is 0 Å². The van der Waals surface area contributed by atoms with E-state index in [1.165, 1.54) is 16.3 Å². The van der Waals surface area contributed by atoms with Crippen molar-refractivity contribution in [3.8, 4) is 0 Å². The molecule has 1 aromatic carbocycles. The third kappa shape index (κ3) is 1.86. The van der Waals surface area contributed by atoms with Crippen molar-refractivity contribution in [1.82, 2.24) is 0 Å². The Balaban J connectivity index is 3.13. The van der Waals surface area contributed by atoms with Crippen molar-refractivity contribution in [2.75, 3.05) is 0 Å². The first-order chi connectivity index (χ1) is 5.65. The number of rotatable bonds is 2. The van der Waals surface area contributed by atoms with Crippen LogP contribution in [0, 0.1) is 6.92 Å². The Morgan fingerprint density at radius 1 is 1.33 bits per heavy atom. The molecular formula is C11H15Si. The first-order valence-corrected chi connectivity index (χ1v) is 6.68. The molecule has 0 aromatic heterocycles. The Labute approximate surface area is 76.5 Å². The van der Waals surface area contributed by atoms with Crippen LogP contribution in [0.5, 0.6) is 0 Å². The lowest BCUT2D eigenvalue weighted by atomic mass is 10.1. The quantitative estimate of drug-likeness (QED) is 0.606. The molecule has 0 fully saturated rings. The van der Waals surface area contributed by atoms with Gasteiger partial charge >= 0.3 is 0 Å². The summed E-state index contributed by atoms with van der Waals surface area (Å²) >= 11 is 0. The highest BCUT2D eigenvalue weighted by molar-refractivity contribution is 6.70. The monoisotopic (exact) mass is 175 g/mol. The topological polar surface area (TPSA) is 0 Å². The molecule has 0 heterocycles. The van der Waals surface area contributed by atoms with Gasteiger partial charge in [-0.1, -0.05) is 49.1 Å². The molecule has 0 bridgehead atoms. The maximum atomic E-state index is 3.80. The largest absolute Gasteiger partial charge is 0.0985 e. The standard InChI is InChI=1S/C11H15Si/c1-5-10-8-11(12(3)4)7-6-9(10)2/h5-8H,1H2,2-4H3. The third-order valence-electron chi connectivity index (χ3n) is 2.08. The van der Waals surface area contributed by atoms with Crippen molar-refractivity contribution in [3.05, 3.63) is 35.9 Å². The fourth-order valence-electron chi connectivity index (χ4n) is 1.17. The van der Waals surface area contributed by atoms with Crippen molar-refractivity contribution in [3.63, 3.8) is 0 Å². The molecule has 0 aliphatic heterocycles. The fourth-order valence-corrected chi connectivity index (χ4v) is 2.03. The van der Waals surface area contributed by atoms with Gasteiger partial charge in [0.15, 0.2) is 0 Å². The predicted octanol–water partition coefficient (Wildman–Crippen LogP) is 2.60. The average molecular weight is 175 g/mol. The minimum Gasteiger partial charge on any atom is -0.0985 e. The van der Waals surface area contributed by atoms with E-state index in [0.29, 0.717) is 0 Å². The highest BCUT2D eigenvalue weighted by Gasteiger charge is 2.01. The number of aryl methyl sites for hydroxylation is 1. The van der Waals surface area contributed by atoms with E-state index in [1.807, 2.05) is 6.08 Å². The van der Waals surface area contributed by atoms with Gasteiger partial charge in [0, 0.05) is 0 Å². The van der Waals surface area contributed by atoms with Crippen molar-refractivity contribution in [2.24, 2.45) is 0 Å². The minimum atomic E-state index is -0.308. The van der Waals surface area contributed by atoms with E-state index < -0.39 is 0 Å². The van der Waals surface area contributed by atoms with Gasteiger partial charge in [-0.3, -0.25) is 0 Å². The number of hydrogen-bond acceptors (Lipinski definition) is 0. The van der Waals surface area contributed by atoms with Gasteiger partial charge in [0.05, 0.1) is 8.80 Å². The van der Waals surface area contributed by atoms with Crippen LogP contribution < -0.4 is 5.19 Å². The minimum absolute atomic E-state index is 0.308. The molecule has 0 atom stereocenters. The molecule has 1 heteroatoms. The molecule has 1 rings (SSSR count). The second-order valence-electron chi connectivity index (χ2n) is 3.28. The molecule has 0 nitrogen and oxygen atoms in total. The van der Waals surface area contributed by atoms with Crippen molar-refractivity contribution < 1.29 is 0 Å². The van der Waals surface area contributed by atoms with Crippen LogP contribution in [-0.2, 0) is 0 Å². The van der Waals surface area contributed by atoms with Crippen LogP contribution in [0.25, 0.3) is 6.08 Å². The summed E-state index contributed by atoms with van der Waals surface area (Å²) in [5.74, 6) is 0. The molecular weight excluding hydrogens is 160 g/mol. The average Bonchev–Trinajstić information content (AvgIpc) is 2.05. The normalized spacial score (nSPS) is 10.3. The van der Waals surface area contributed by atoms with E-state index in [2.05, 4.69) is 44.8 Å². The molecule has 0 saturated heterocycles. The van der Waals surface area contributed by atoms with Crippen LogP contribution in [0.3, 0.4) is 0 Å². The van der Waals surface area contributed by atoms with E-state index in [4.69, 9.17) is 0 Å². The van der Waals surface area contributed by atoms with E-state index in [1.54, 1.807) is 0 Å². The van der Waals surface area contributed by atoms with Gasteiger partial charge in [-0.05, 0) is 18.1 Å². The summed E-state index contributed by atoms with van der Waals surface area (Å²) < 4.78 is 0. The van der Waals surface area contributed by atoms with Crippen molar-refractivity contribution in [2.45, 2.75) is 20.0 Å².